The molecule has 8 nitrogen and oxygen atoms in total. The number of benzene rings is 2. The first-order valence-electron chi connectivity index (χ1n) is 12.6. The molecule has 10 heteroatoms. The zero-order valence-corrected chi connectivity index (χ0v) is 23.6. The molecular weight excluding hydrogens is 535 g/mol. The summed E-state index contributed by atoms with van der Waals surface area (Å²) in [4.78, 5) is 29.4. The lowest BCUT2D eigenvalue weighted by atomic mass is 10.1. The van der Waals surface area contributed by atoms with E-state index >= 15 is 0 Å². The molecule has 0 saturated carbocycles. The average molecular weight is 565 g/mol. The lowest BCUT2D eigenvalue weighted by Gasteiger charge is -2.17. The minimum absolute atomic E-state index is 0.0896. The topological polar surface area (TPSA) is 112 Å². The highest BCUT2D eigenvalue weighted by Crippen LogP contribution is 2.34. The quantitative estimate of drug-likeness (QED) is 0.364. The van der Waals surface area contributed by atoms with Gasteiger partial charge in [0.25, 0.3) is 15.9 Å². The summed E-state index contributed by atoms with van der Waals surface area (Å²) in [6.07, 6.45) is 3.82. The highest BCUT2D eigenvalue weighted by molar-refractivity contribution is 7.95. The van der Waals surface area contributed by atoms with E-state index in [9.17, 15) is 22.4 Å². The Bertz CT molecular complexity index is 1650. The Morgan fingerprint density at radius 2 is 1.75 bits per heavy atom. The van der Waals surface area contributed by atoms with Crippen LogP contribution < -0.4 is 14.2 Å². The summed E-state index contributed by atoms with van der Waals surface area (Å²) in [6.45, 7) is 9.23. The van der Waals surface area contributed by atoms with Crippen molar-refractivity contribution in [3.05, 3.63) is 93.7 Å². The summed E-state index contributed by atoms with van der Waals surface area (Å²) >= 11 is 0. The molecule has 4 rings (SSSR count). The average Bonchev–Trinajstić information content (AvgIpc) is 2.85. The summed E-state index contributed by atoms with van der Waals surface area (Å²) in [6, 6.07) is 10.7. The molecule has 40 heavy (non-hydrogen) atoms. The van der Waals surface area contributed by atoms with E-state index in [2.05, 4.69) is 4.98 Å². The van der Waals surface area contributed by atoms with Crippen molar-refractivity contribution in [2.24, 2.45) is 0 Å². The number of halogens is 1. The second-order valence-corrected chi connectivity index (χ2v) is 11.4. The van der Waals surface area contributed by atoms with Crippen LogP contribution in [0.2, 0.25) is 0 Å². The van der Waals surface area contributed by atoms with Crippen LogP contribution in [-0.4, -0.2) is 31.2 Å². The van der Waals surface area contributed by atoms with Crippen LogP contribution in [0.3, 0.4) is 0 Å². The highest BCUT2D eigenvalue weighted by Gasteiger charge is 2.29. The van der Waals surface area contributed by atoms with E-state index in [0.29, 0.717) is 17.1 Å². The number of hydrogen-bond acceptors (Lipinski definition) is 7. The summed E-state index contributed by atoms with van der Waals surface area (Å²) in [7, 11) is -4.47. The molecule has 2 aromatic carbocycles. The molecule has 1 amide bonds. The number of aryl methyl sites for hydroxylation is 3. The molecule has 208 valence electrons. The van der Waals surface area contributed by atoms with E-state index in [1.807, 2.05) is 51.5 Å². The molecule has 0 bridgehead atoms. The van der Waals surface area contributed by atoms with Crippen molar-refractivity contribution in [2.75, 3.05) is 0 Å². The first-order valence-corrected chi connectivity index (χ1v) is 14.0. The largest absolute Gasteiger partial charge is 0.491 e. The van der Waals surface area contributed by atoms with Crippen molar-refractivity contribution in [1.29, 1.82) is 0 Å². The molecule has 1 heterocycles. The van der Waals surface area contributed by atoms with Gasteiger partial charge in [-0.2, -0.15) is 0 Å². The number of pyridine rings is 1. The third kappa shape index (κ3) is 6.45. The van der Waals surface area contributed by atoms with Gasteiger partial charge < -0.3 is 9.47 Å². The van der Waals surface area contributed by atoms with Gasteiger partial charge in [-0.15, -0.1) is 0 Å². The number of carbonyl (C=O) groups excluding carboxylic acids is 2. The van der Waals surface area contributed by atoms with Gasteiger partial charge in [0.2, 0.25) is 5.88 Å². The van der Waals surface area contributed by atoms with Crippen molar-refractivity contribution in [3.63, 3.8) is 0 Å². The van der Waals surface area contributed by atoms with Crippen molar-refractivity contribution >= 4 is 21.7 Å². The van der Waals surface area contributed by atoms with E-state index in [1.54, 1.807) is 6.07 Å². The fourth-order valence-corrected chi connectivity index (χ4v) is 5.43. The maximum Gasteiger partial charge on any atom is 0.270 e. The molecule has 0 radical (unpaired) electrons. The summed E-state index contributed by atoms with van der Waals surface area (Å²) < 4.78 is 53.9. The third-order valence-corrected chi connectivity index (χ3v) is 7.32. The van der Waals surface area contributed by atoms with E-state index in [1.165, 1.54) is 36.4 Å². The molecule has 0 fully saturated rings. The Kier molecular flexibility index (Phi) is 8.20. The summed E-state index contributed by atoms with van der Waals surface area (Å²) in [5, 5.41) is 0. The van der Waals surface area contributed by atoms with E-state index in [-0.39, 0.29) is 29.7 Å². The monoisotopic (exact) mass is 564 g/mol. The van der Waals surface area contributed by atoms with Gasteiger partial charge in [-0.1, -0.05) is 29.8 Å². The Morgan fingerprint density at radius 1 is 1.05 bits per heavy atom. The van der Waals surface area contributed by atoms with Gasteiger partial charge in [-0.3, -0.25) is 9.59 Å². The second-order valence-electron chi connectivity index (χ2n) is 9.74. The molecule has 0 aliphatic heterocycles. The number of carbonyl (C=O) groups is 2. The van der Waals surface area contributed by atoms with E-state index in [4.69, 9.17) is 9.47 Å². The molecule has 1 aliphatic rings. The van der Waals surface area contributed by atoms with Crippen LogP contribution in [0.25, 0.3) is 11.3 Å². The van der Waals surface area contributed by atoms with Crippen LogP contribution in [0.1, 0.15) is 47.3 Å². The normalized spacial score (nSPS) is 13.3. The van der Waals surface area contributed by atoms with Gasteiger partial charge in [0.1, 0.15) is 27.8 Å². The number of sulfonamides is 1. The molecule has 3 aromatic rings. The fourth-order valence-electron chi connectivity index (χ4n) is 4.32. The van der Waals surface area contributed by atoms with E-state index < -0.39 is 32.4 Å². The predicted octanol–water partition coefficient (Wildman–Crippen LogP) is 5.86. The van der Waals surface area contributed by atoms with Crippen LogP contribution in [0.5, 0.6) is 17.4 Å². The Morgan fingerprint density at radius 3 is 2.40 bits per heavy atom. The van der Waals surface area contributed by atoms with Crippen LogP contribution in [0, 0.1) is 26.6 Å². The Balaban J connectivity index is 1.79. The van der Waals surface area contributed by atoms with Crippen molar-refractivity contribution in [3.8, 4) is 28.6 Å². The predicted molar refractivity (Wildman–Crippen MR) is 149 cm³/mol. The highest BCUT2D eigenvalue weighted by atomic mass is 32.2. The van der Waals surface area contributed by atoms with Crippen LogP contribution in [-0.2, 0) is 14.8 Å². The second kappa shape index (κ2) is 11.4. The maximum atomic E-state index is 14.4. The summed E-state index contributed by atoms with van der Waals surface area (Å²) in [5.41, 5.74) is 2.98. The molecule has 0 atom stereocenters. The van der Waals surface area contributed by atoms with Crippen LogP contribution in [0.15, 0.2) is 65.6 Å². The van der Waals surface area contributed by atoms with Gasteiger partial charge in [-0.05, 0) is 76.1 Å². The minimum Gasteiger partial charge on any atom is -0.491 e. The number of Topliss-reactive ketones (excluding diaryl/α,β-unsaturated/α-hetero) is 1. The maximum absolute atomic E-state index is 14.4. The molecule has 0 unspecified atom stereocenters. The molecular formula is C30H29FN2O6S. The Labute approximate surface area is 232 Å². The smallest absolute Gasteiger partial charge is 0.270 e. The number of nitrogens with one attached hydrogen (secondary N) is 1. The van der Waals surface area contributed by atoms with Gasteiger partial charge in [0.15, 0.2) is 5.78 Å². The lowest BCUT2D eigenvalue weighted by molar-refractivity contribution is -0.114. The standard InChI is InChI=1S/C30H29FN2O6S/c1-17(2)38-23-15-21(14-22(31)16-23)25-11-10-24(29(35)33-40(36,37)27-9-7-6-8-26(27)34)30(32-25)39-28-19(4)12-18(3)13-20(28)5/h6-7,9-17H,8H2,1-5H3,(H,33,35). The van der Waals surface area contributed by atoms with Gasteiger partial charge in [0, 0.05) is 18.1 Å². The number of rotatable bonds is 8. The molecule has 0 spiro atoms. The Hall–Kier alpha value is -4.31. The lowest BCUT2D eigenvalue weighted by Crippen LogP contribution is -2.34. The number of aromatic nitrogens is 1. The zero-order chi connectivity index (χ0) is 29.2. The van der Waals surface area contributed by atoms with Gasteiger partial charge in [0.05, 0.1) is 11.8 Å². The molecule has 1 aliphatic carbocycles. The van der Waals surface area contributed by atoms with Crippen molar-refractivity contribution in [1.82, 2.24) is 9.71 Å². The van der Waals surface area contributed by atoms with Gasteiger partial charge >= 0.3 is 0 Å². The SMILES string of the molecule is Cc1cc(C)c(Oc2nc(-c3cc(F)cc(OC(C)C)c3)ccc2C(=O)NS(=O)(=O)C2=CC=CCC2=O)c(C)c1. The number of nitrogens with zero attached hydrogens (tertiary/aromatic N) is 1. The number of allylic oxidation sites excluding steroid dienone is 4. The third-order valence-electron chi connectivity index (χ3n) is 5.93. The zero-order valence-electron chi connectivity index (χ0n) is 22.7. The summed E-state index contributed by atoms with van der Waals surface area (Å²) in [5.74, 6) is -1.68. The number of amides is 1. The molecule has 0 saturated heterocycles. The number of ketones is 1. The fraction of sp³-hybridized carbons (Fsp3) is 0.233. The first kappa shape index (κ1) is 28.7. The van der Waals surface area contributed by atoms with Crippen LogP contribution in [0.4, 0.5) is 4.39 Å². The minimum atomic E-state index is -4.47. The van der Waals surface area contributed by atoms with E-state index in [0.717, 1.165) is 22.8 Å². The van der Waals surface area contributed by atoms with Gasteiger partial charge in [-0.25, -0.2) is 22.5 Å². The number of hydrogen-bond donors (Lipinski definition) is 1. The van der Waals surface area contributed by atoms with Crippen molar-refractivity contribution in [2.45, 2.75) is 47.1 Å². The van der Waals surface area contributed by atoms with Crippen molar-refractivity contribution < 1.29 is 31.9 Å². The van der Waals surface area contributed by atoms with Crippen LogP contribution >= 0.6 is 0 Å². The number of ether oxygens (including phenoxy) is 2. The first-order chi connectivity index (χ1) is 18.8. The molecule has 1 aromatic heterocycles. The molecule has 1 N–H and O–H groups in total.